The van der Waals surface area contributed by atoms with E-state index in [4.69, 9.17) is 4.74 Å². The third-order valence-corrected chi connectivity index (χ3v) is 4.14. The molecular formula is C17H34N6O3. The maximum atomic E-state index is 11.8. The van der Waals surface area contributed by atoms with Crippen LogP contribution < -0.4 is 21.3 Å². The Morgan fingerprint density at radius 3 is 2.42 bits per heavy atom. The van der Waals surface area contributed by atoms with E-state index in [2.05, 4.69) is 31.2 Å². The molecule has 1 fully saturated rings. The number of ether oxygens (including phenoxy) is 1. The summed E-state index contributed by atoms with van der Waals surface area (Å²) in [6.45, 7) is 6.12. The van der Waals surface area contributed by atoms with Crippen molar-refractivity contribution in [3.05, 3.63) is 0 Å². The van der Waals surface area contributed by atoms with E-state index in [1.807, 2.05) is 6.92 Å². The largest absolute Gasteiger partial charge is 0.383 e. The number of hydrogen-bond donors (Lipinski definition) is 4. The minimum atomic E-state index is -0.0992. The molecule has 1 aliphatic rings. The first-order valence-corrected chi connectivity index (χ1v) is 9.30. The molecule has 0 saturated carbocycles. The first-order chi connectivity index (χ1) is 12.6. The first kappa shape index (κ1) is 22.2. The Hall–Kier alpha value is -1.87. The van der Waals surface area contributed by atoms with Gasteiger partial charge in [-0.3, -0.25) is 19.5 Å². The third kappa shape index (κ3) is 9.57. The van der Waals surface area contributed by atoms with Crippen LogP contribution in [0.4, 0.5) is 0 Å². The van der Waals surface area contributed by atoms with E-state index in [1.54, 1.807) is 14.2 Å². The number of carbonyl (C=O) groups is 2. The van der Waals surface area contributed by atoms with Crippen molar-refractivity contribution in [1.82, 2.24) is 26.2 Å². The molecule has 0 spiro atoms. The summed E-state index contributed by atoms with van der Waals surface area (Å²) in [7, 11) is 3.28. The van der Waals surface area contributed by atoms with E-state index in [0.29, 0.717) is 25.7 Å². The average molecular weight is 370 g/mol. The first-order valence-electron chi connectivity index (χ1n) is 9.30. The van der Waals surface area contributed by atoms with Gasteiger partial charge in [0.2, 0.25) is 11.8 Å². The molecule has 0 aromatic rings. The van der Waals surface area contributed by atoms with Crippen LogP contribution in [0.5, 0.6) is 0 Å². The summed E-state index contributed by atoms with van der Waals surface area (Å²) in [5, 5.41) is 12.0. The quantitative estimate of drug-likeness (QED) is 0.221. The molecule has 9 heteroatoms. The van der Waals surface area contributed by atoms with Gasteiger partial charge in [-0.05, 0) is 19.3 Å². The third-order valence-electron chi connectivity index (χ3n) is 4.14. The summed E-state index contributed by atoms with van der Waals surface area (Å²) >= 11 is 0. The number of aliphatic imine (C=N–C) groups is 1. The van der Waals surface area contributed by atoms with Crippen LogP contribution in [0.2, 0.25) is 0 Å². The molecule has 4 N–H and O–H groups in total. The van der Waals surface area contributed by atoms with Gasteiger partial charge in [-0.2, -0.15) is 0 Å². The van der Waals surface area contributed by atoms with Crippen molar-refractivity contribution in [2.75, 3.05) is 60.0 Å². The molecule has 0 aromatic heterocycles. The van der Waals surface area contributed by atoms with Crippen LogP contribution in [0.3, 0.4) is 0 Å². The molecule has 0 radical (unpaired) electrons. The topological polar surface area (TPSA) is 107 Å². The lowest BCUT2D eigenvalue weighted by atomic mass is 10.1. The van der Waals surface area contributed by atoms with Crippen molar-refractivity contribution in [1.29, 1.82) is 0 Å². The van der Waals surface area contributed by atoms with Crippen molar-refractivity contribution < 1.29 is 14.3 Å². The summed E-state index contributed by atoms with van der Waals surface area (Å²) in [6.07, 6.45) is 2.82. The van der Waals surface area contributed by atoms with Gasteiger partial charge >= 0.3 is 0 Å². The Morgan fingerprint density at radius 2 is 1.81 bits per heavy atom. The monoisotopic (exact) mass is 370 g/mol. The highest BCUT2D eigenvalue weighted by molar-refractivity contribution is 5.86. The fourth-order valence-corrected chi connectivity index (χ4v) is 2.67. The van der Waals surface area contributed by atoms with Gasteiger partial charge in [-0.1, -0.05) is 6.92 Å². The Labute approximate surface area is 156 Å². The average Bonchev–Trinajstić information content (AvgIpc) is 2.65. The molecule has 9 nitrogen and oxygen atoms in total. The lowest BCUT2D eigenvalue weighted by molar-refractivity contribution is -0.122. The molecule has 0 unspecified atom stereocenters. The number of piperidine rings is 1. The number of rotatable bonds is 10. The van der Waals surface area contributed by atoms with Gasteiger partial charge in [0.1, 0.15) is 0 Å². The number of likely N-dealkylation sites (tertiary alicyclic amines) is 1. The highest BCUT2D eigenvalue weighted by Gasteiger charge is 2.21. The van der Waals surface area contributed by atoms with E-state index in [9.17, 15) is 9.59 Å². The lowest BCUT2D eigenvalue weighted by Crippen LogP contribution is -2.51. The summed E-state index contributed by atoms with van der Waals surface area (Å²) in [5.74, 6) is 0.610. The van der Waals surface area contributed by atoms with Crippen molar-refractivity contribution in [3.8, 4) is 0 Å². The molecule has 0 bridgehead atoms. The fraction of sp³-hybridized carbons (Fsp3) is 0.824. The van der Waals surface area contributed by atoms with Gasteiger partial charge in [-0.15, -0.1) is 0 Å². The SMILES string of the molecule is CCCNC(=O)CN1CCC(NC(=NC)NCC(=O)NCCOC)CC1. The van der Waals surface area contributed by atoms with Gasteiger partial charge in [0.05, 0.1) is 19.7 Å². The lowest BCUT2D eigenvalue weighted by Gasteiger charge is -2.32. The van der Waals surface area contributed by atoms with Crippen molar-refractivity contribution >= 4 is 17.8 Å². The van der Waals surface area contributed by atoms with Crippen LogP contribution >= 0.6 is 0 Å². The molecule has 1 heterocycles. The number of carbonyl (C=O) groups excluding carboxylic acids is 2. The molecular weight excluding hydrogens is 336 g/mol. The molecule has 0 aromatic carbocycles. The Balaban J connectivity index is 2.23. The van der Waals surface area contributed by atoms with E-state index in [0.717, 1.165) is 38.9 Å². The highest BCUT2D eigenvalue weighted by Crippen LogP contribution is 2.09. The molecule has 1 aliphatic heterocycles. The van der Waals surface area contributed by atoms with Gasteiger partial charge in [0, 0.05) is 46.4 Å². The number of nitrogens with zero attached hydrogens (tertiary/aromatic N) is 2. The number of nitrogens with one attached hydrogen (secondary N) is 4. The maximum absolute atomic E-state index is 11.8. The van der Waals surface area contributed by atoms with Crippen LogP contribution in [0.1, 0.15) is 26.2 Å². The van der Waals surface area contributed by atoms with Crippen LogP contribution in [0.25, 0.3) is 0 Å². The summed E-state index contributed by atoms with van der Waals surface area (Å²) in [5.41, 5.74) is 0. The van der Waals surface area contributed by atoms with Crippen LogP contribution in [0.15, 0.2) is 4.99 Å². The number of guanidine groups is 1. The predicted octanol–water partition coefficient (Wildman–Crippen LogP) is -1.10. The van der Waals surface area contributed by atoms with E-state index in [-0.39, 0.29) is 24.4 Å². The zero-order valence-corrected chi connectivity index (χ0v) is 16.3. The maximum Gasteiger partial charge on any atom is 0.239 e. The van der Waals surface area contributed by atoms with Crippen molar-refractivity contribution in [2.45, 2.75) is 32.2 Å². The number of hydrogen-bond acceptors (Lipinski definition) is 5. The molecule has 150 valence electrons. The van der Waals surface area contributed by atoms with Gasteiger partial charge in [0.15, 0.2) is 5.96 Å². The predicted molar refractivity (Wildman–Crippen MR) is 102 cm³/mol. The van der Waals surface area contributed by atoms with Gasteiger partial charge < -0.3 is 26.0 Å². The highest BCUT2D eigenvalue weighted by atomic mass is 16.5. The molecule has 1 saturated heterocycles. The normalized spacial score (nSPS) is 16.2. The zero-order valence-electron chi connectivity index (χ0n) is 16.3. The second-order valence-corrected chi connectivity index (χ2v) is 6.31. The van der Waals surface area contributed by atoms with E-state index < -0.39 is 0 Å². The minimum absolute atomic E-state index is 0.0928. The van der Waals surface area contributed by atoms with Gasteiger partial charge in [-0.25, -0.2) is 0 Å². The smallest absolute Gasteiger partial charge is 0.239 e. The second kappa shape index (κ2) is 13.3. The molecule has 0 aliphatic carbocycles. The zero-order chi connectivity index (χ0) is 19.2. The molecule has 26 heavy (non-hydrogen) atoms. The summed E-state index contributed by atoms with van der Waals surface area (Å²) in [6, 6.07) is 0.285. The van der Waals surface area contributed by atoms with Crippen LogP contribution in [-0.2, 0) is 14.3 Å². The minimum Gasteiger partial charge on any atom is -0.383 e. The molecule has 2 amide bonds. The Bertz CT molecular complexity index is 450. The van der Waals surface area contributed by atoms with Crippen molar-refractivity contribution in [2.24, 2.45) is 4.99 Å². The van der Waals surface area contributed by atoms with E-state index in [1.165, 1.54) is 0 Å². The van der Waals surface area contributed by atoms with Crippen molar-refractivity contribution in [3.63, 3.8) is 0 Å². The van der Waals surface area contributed by atoms with Crippen LogP contribution in [-0.4, -0.2) is 88.7 Å². The Kier molecular flexibility index (Phi) is 11.4. The fourth-order valence-electron chi connectivity index (χ4n) is 2.67. The summed E-state index contributed by atoms with van der Waals surface area (Å²) < 4.78 is 4.89. The van der Waals surface area contributed by atoms with Gasteiger partial charge in [0.25, 0.3) is 0 Å². The van der Waals surface area contributed by atoms with E-state index >= 15 is 0 Å². The molecule has 1 rings (SSSR count). The summed E-state index contributed by atoms with van der Waals surface area (Å²) in [4.78, 5) is 29.8. The Morgan fingerprint density at radius 1 is 1.12 bits per heavy atom. The van der Waals surface area contributed by atoms with Crippen LogP contribution in [0, 0.1) is 0 Å². The number of amides is 2. The number of methoxy groups -OCH3 is 1. The molecule has 0 atom stereocenters. The second-order valence-electron chi connectivity index (χ2n) is 6.31. The standard InChI is InChI=1S/C17H34N6O3/c1-4-7-19-16(25)13-23-9-5-14(6-10-23)22-17(18-2)21-12-15(24)20-8-11-26-3/h14H,4-13H2,1-3H3,(H,19,25)(H,20,24)(H2,18,21,22).